The van der Waals surface area contributed by atoms with Crippen molar-refractivity contribution in [2.45, 2.75) is 32.9 Å². The summed E-state index contributed by atoms with van der Waals surface area (Å²) in [6.07, 6.45) is 0. The Morgan fingerprint density at radius 2 is 2.17 bits per heavy atom. The molecule has 1 aromatic carbocycles. The summed E-state index contributed by atoms with van der Waals surface area (Å²) in [6, 6.07) is 7.29. The maximum absolute atomic E-state index is 11.6. The van der Waals surface area contributed by atoms with Crippen LogP contribution in [0.2, 0.25) is 0 Å². The monoisotopic (exact) mass is 348 g/mol. The van der Waals surface area contributed by atoms with E-state index in [-0.39, 0.29) is 5.97 Å². The van der Waals surface area contributed by atoms with Crippen LogP contribution >= 0.6 is 11.3 Å². The molecule has 0 aliphatic carbocycles. The summed E-state index contributed by atoms with van der Waals surface area (Å²) < 4.78 is 4.76. The average Bonchev–Trinajstić information content (AvgIpc) is 3.01. The van der Waals surface area contributed by atoms with E-state index in [9.17, 15) is 9.90 Å². The van der Waals surface area contributed by atoms with Gasteiger partial charge in [0.1, 0.15) is 5.01 Å². The van der Waals surface area contributed by atoms with Gasteiger partial charge in [0.05, 0.1) is 24.0 Å². The van der Waals surface area contributed by atoms with Crippen LogP contribution in [0.15, 0.2) is 29.6 Å². The molecule has 0 unspecified atom stereocenters. The first kappa shape index (κ1) is 18.6. The van der Waals surface area contributed by atoms with Crippen molar-refractivity contribution in [2.75, 3.05) is 20.2 Å². The fraction of sp³-hybridized carbons (Fsp3) is 0.444. The number of carbonyl (C=O) groups excluding carboxylic acids is 1. The first-order valence-corrected chi connectivity index (χ1v) is 8.78. The molecule has 1 N–H and O–H groups in total. The van der Waals surface area contributed by atoms with E-state index in [1.54, 1.807) is 37.3 Å². The molecule has 130 valence electrons. The maximum Gasteiger partial charge on any atom is 0.337 e. The summed E-state index contributed by atoms with van der Waals surface area (Å²) >= 11 is 1.55. The van der Waals surface area contributed by atoms with E-state index < -0.39 is 5.60 Å². The van der Waals surface area contributed by atoms with Crippen LogP contribution in [0.4, 0.5) is 0 Å². The van der Waals surface area contributed by atoms with Crippen molar-refractivity contribution in [2.24, 2.45) is 0 Å². The van der Waals surface area contributed by atoms with Gasteiger partial charge in [-0.2, -0.15) is 0 Å². The first-order chi connectivity index (χ1) is 11.3. The molecule has 0 aliphatic rings. The van der Waals surface area contributed by atoms with Gasteiger partial charge < -0.3 is 9.84 Å². The Kier molecular flexibility index (Phi) is 6.10. The van der Waals surface area contributed by atoms with Crippen LogP contribution in [0, 0.1) is 0 Å². The van der Waals surface area contributed by atoms with Crippen LogP contribution in [0.3, 0.4) is 0 Å². The lowest BCUT2D eigenvalue weighted by atomic mass is 10.1. The zero-order valence-corrected chi connectivity index (χ0v) is 15.4. The number of rotatable bonds is 7. The first-order valence-electron chi connectivity index (χ1n) is 7.90. The second kappa shape index (κ2) is 7.88. The number of aliphatic hydroxyl groups is 1. The van der Waals surface area contributed by atoms with Crippen molar-refractivity contribution < 1.29 is 14.6 Å². The third-order valence-corrected chi connectivity index (χ3v) is 4.47. The number of hydrogen-bond donors (Lipinski definition) is 1. The summed E-state index contributed by atoms with van der Waals surface area (Å²) in [5, 5.41) is 12.9. The Morgan fingerprint density at radius 1 is 1.42 bits per heavy atom. The molecule has 0 radical (unpaired) electrons. The number of nitrogens with zero attached hydrogens (tertiary/aromatic N) is 2. The van der Waals surface area contributed by atoms with E-state index in [0.717, 1.165) is 22.8 Å². The molecule has 0 amide bonds. The Labute approximate surface area is 146 Å². The van der Waals surface area contributed by atoms with Gasteiger partial charge in [-0.15, -0.1) is 11.3 Å². The lowest BCUT2D eigenvalue weighted by molar-refractivity contribution is 0.0350. The molecule has 0 atom stereocenters. The number of methoxy groups -OCH3 is 1. The van der Waals surface area contributed by atoms with E-state index >= 15 is 0 Å². The fourth-order valence-electron chi connectivity index (χ4n) is 2.47. The zero-order chi connectivity index (χ0) is 17.7. The van der Waals surface area contributed by atoms with E-state index in [0.29, 0.717) is 18.7 Å². The lowest BCUT2D eigenvalue weighted by Crippen LogP contribution is -2.38. The summed E-state index contributed by atoms with van der Waals surface area (Å²) in [7, 11) is 1.37. The number of hydrogen-bond acceptors (Lipinski definition) is 6. The van der Waals surface area contributed by atoms with Gasteiger partial charge in [-0.3, -0.25) is 4.90 Å². The molecule has 24 heavy (non-hydrogen) atoms. The second-order valence-electron chi connectivity index (χ2n) is 6.33. The summed E-state index contributed by atoms with van der Waals surface area (Å²) in [5.41, 5.74) is 1.65. The highest BCUT2D eigenvalue weighted by molar-refractivity contribution is 7.13. The van der Waals surface area contributed by atoms with Crippen LogP contribution in [0.25, 0.3) is 10.6 Å². The predicted molar refractivity (Wildman–Crippen MR) is 96.1 cm³/mol. The minimum atomic E-state index is -0.732. The molecule has 0 saturated carbocycles. The molecular weight excluding hydrogens is 324 g/mol. The van der Waals surface area contributed by atoms with Gasteiger partial charge in [-0.1, -0.05) is 19.1 Å². The maximum atomic E-state index is 11.6. The largest absolute Gasteiger partial charge is 0.465 e. The highest BCUT2D eigenvalue weighted by atomic mass is 32.1. The number of esters is 1. The minimum Gasteiger partial charge on any atom is -0.465 e. The zero-order valence-electron chi connectivity index (χ0n) is 14.6. The Morgan fingerprint density at radius 3 is 2.79 bits per heavy atom. The van der Waals surface area contributed by atoms with Gasteiger partial charge in [0, 0.05) is 24.0 Å². The predicted octanol–water partition coefficient (Wildman–Crippen LogP) is 3.19. The van der Waals surface area contributed by atoms with Gasteiger partial charge in [0.2, 0.25) is 0 Å². The van der Waals surface area contributed by atoms with Crippen molar-refractivity contribution >= 4 is 17.3 Å². The molecule has 6 heteroatoms. The van der Waals surface area contributed by atoms with Gasteiger partial charge >= 0.3 is 5.97 Å². The molecule has 2 aromatic rings. The molecule has 5 nitrogen and oxygen atoms in total. The number of aromatic nitrogens is 1. The van der Waals surface area contributed by atoms with Crippen molar-refractivity contribution in [3.63, 3.8) is 0 Å². The van der Waals surface area contributed by atoms with Gasteiger partial charge in [0.25, 0.3) is 0 Å². The van der Waals surface area contributed by atoms with E-state index in [1.807, 2.05) is 17.5 Å². The molecule has 0 bridgehead atoms. The Hall–Kier alpha value is -1.76. The Bertz CT molecular complexity index is 692. The molecule has 0 fully saturated rings. The molecule has 1 heterocycles. The van der Waals surface area contributed by atoms with Crippen molar-refractivity contribution in [3.8, 4) is 10.6 Å². The lowest BCUT2D eigenvalue weighted by Gasteiger charge is -2.27. The topological polar surface area (TPSA) is 62.7 Å². The highest BCUT2D eigenvalue weighted by Crippen LogP contribution is 2.25. The molecule has 0 aliphatic heterocycles. The second-order valence-corrected chi connectivity index (χ2v) is 7.19. The van der Waals surface area contributed by atoms with Gasteiger partial charge in [-0.25, -0.2) is 9.78 Å². The number of likely N-dealkylation sites (N-methyl/N-ethyl adjacent to an activating group) is 1. The van der Waals surface area contributed by atoms with E-state index in [2.05, 4.69) is 16.8 Å². The van der Waals surface area contributed by atoms with Crippen molar-refractivity contribution in [1.29, 1.82) is 0 Å². The number of carbonyl (C=O) groups is 1. The van der Waals surface area contributed by atoms with Crippen LogP contribution in [0.1, 0.15) is 36.8 Å². The molecular formula is C18H24N2O3S. The van der Waals surface area contributed by atoms with Crippen LogP contribution in [-0.4, -0.2) is 46.8 Å². The number of benzene rings is 1. The van der Waals surface area contributed by atoms with E-state index in [1.165, 1.54) is 7.11 Å². The molecule has 0 saturated heterocycles. The molecule has 1 aromatic heterocycles. The average molecular weight is 348 g/mol. The van der Waals surface area contributed by atoms with Crippen LogP contribution in [-0.2, 0) is 11.3 Å². The third kappa shape index (κ3) is 5.12. The van der Waals surface area contributed by atoms with Crippen LogP contribution in [0.5, 0.6) is 0 Å². The van der Waals surface area contributed by atoms with Gasteiger partial charge in [0.15, 0.2) is 0 Å². The normalized spacial score (nSPS) is 11.8. The number of ether oxygens (including phenoxy) is 1. The molecule has 0 spiro atoms. The van der Waals surface area contributed by atoms with Crippen molar-refractivity contribution in [3.05, 3.63) is 40.9 Å². The smallest absolute Gasteiger partial charge is 0.337 e. The van der Waals surface area contributed by atoms with Gasteiger partial charge in [-0.05, 0) is 32.5 Å². The SMILES string of the molecule is CCN(Cc1csc(-c2cccc(C(=O)OC)c2)n1)CC(C)(C)O. The minimum absolute atomic E-state index is 0.351. The summed E-state index contributed by atoms with van der Waals surface area (Å²) in [4.78, 5) is 18.5. The van der Waals surface area contributed by atoms with Crippen molar-refractivity contribution in [1.82, 2.24) is 9.88 Å². The quantitative estimate of drug-likeness (QED) is 0.779. The van der Waals surface area contributed by atoms with E-state index in [4.69, 9.17) is 4.74 Å². The molecule has 2 rings (SSSR count). The van der Waals surface area contributed by atoms with Crippen LogP contribution < -0.4 is 0 Å². The summed E-state index contributed by atoms with van der Waals surface area (Å²) in [6.45, 7) is 7.80. The Balaban J connectivity index is 2.14. The number of thiazole rings is 1. The third-order valence-electron chi connectivity index (χ3n) is 3.53. The fourth-order valence-corrected chi connectivity index (χ4v) is 3.27. The summed E-state index contributed by atoms with van der Waals surface area (Å²) in [5.74, 6) is -0.351. The standard InChI is InChI=1S/C18H24N2O3S/c1-5-20(12-18(2,3)22)10-15-11-24-16(19-15)13-7-6-8-14(9-13)17(21)23-4/h6-9,11,22H,5,10,12H2,1-4H3. The highest BCUT2D eigenvalue weighted by Gasteiger charge is 2.18.